The summed E-state index contributed by atoms with van der Waals surface area (Å²) in [5.74, 6) is 0.430. The molecule has 2 nitrogen and oxygen atoms in total. The average molecular weight is 186 g/mol. The Morgan fingerprint density at radius 2 is 1.50 bits per heavy atom. The van der Waals surface area contributed by atoms with Gasteiger partial charge in [-0.3, -0.25) is 0 Å². The van der Waals surface area contributed by atoms with Crippen LogP contribution in [0, 0.1) is 0 Å². The van der Waals surface area contributed by atoms with Gasteiger partial charge < -0.3 is 10.2 Å². The van der Waals surface area contributed by atoms with Gasteiger partial charge in [-0.15, -0.1) is 0 Å². The Balaban J connectivity index is 2.40. The van der Waals surface area contributed by atoms with E-state index >= 15 is 0 Å². The van der Waals surface area contributed by atoms with Gasteiger partial charge in [0.25, 0.3) is 0 Å². The highest BCUT2D eigenvalue weighted by Crippen LogP contribution is 2.22. The molecule has 0 saturated heterocycles. The number of aromatic hydroxyl groups is 1. The Bertz CT molecular complexity index is 408. The van der Waals surface area contributed by atoms with Crippen molar-refractivity contribution in [2.75, 3.05) is 0 Å². The SMILES string of the molecule is OC(=C1C=CC=C1)c1ccc(O)cc1. The van der Waals surface area contributed by atoms with Crippen molar-refractivity contribution in [3.05, 3.63) is 59.7 Å². The second-order valence-electron chi connectivity index (χ2n) is 3.07. The lowest BCUT2D eigenvalue weighted by molar-refractivity contribution is 0.474. The van der Waals surface area contributed by atoms with Crippen molar-refractivity contribution in [1.29, 1.82) is 0 Å². The van der Waals surface area contributed by atoms with Crippen molar-refractivity contribution in [3.8, 4) is 5.75 Å². The van der Waals surface area contributed by atoms with Gasteiger partial charge >= 0.3 is 0 Å². The van der Waals surface area contributed by atoms with E-state index in [0.717, 1.165) is 5.57 Å². The van der Waals surface area contributed by atoms with E-state index in [9.17, 15) is 5.11 Å². The van der Waals surface area contributed by atoms with Crippen LogP contribution >= 0.6 is 0 Å². The van der Waals surface area contributed by atoms with Crippen LogP contribution in [0.1, 0.15) is 5.56 Å². The average Bonchev–Trinajstić information content (AvgIpc) is 2.71. The molecule has 0 bridgehead atoms. The summed E-state index contributed by atoms with van der Waals surface area (Å²) in [6.45, 7) is 0. The Morgan fingerprint density at radius 1 is 0.929 bits per heavy atom. The smallest absolute Gasteiger partial charge is 0.130 e. The Hall–Kier alpha value is -1.96. The number of phenolic OH excluding ortho intramolecular Hbond substituents is 1. The number of hydrogen-bond acceptors (Lipinski definition) is 2. The van der Waals surface area contributed by atoms with Crippen LogP contribution < -0.4 is 0 Å². The maximum absolute atomic E-state index is 9.81. The number of allylic oxidation sites excluding steroid dienone is 5. The standard InChI is InChI=1S/C12H10O2/c13-11-7-5-10(6-8-11)12(14)9-3-1-2-4-9/h1-8,13-14H. The van der Waals surface area contributed by atoms with Crippen LogP contribution in [0.25, 0.3) is 5.76 Å². The quantitative estimate of drug-likeness (QED) is 0.662. The van der Waals surface area contributed by atoms with Gasteiger partial charge in [0.2, 0.25) is 0 Å². The summed E-state index contributed by atoms with van der Waals surface area (Å²) in [5, 5.41) is 18.9. The summed E-state index contributed by atoms with van der Waals surface area (Å²) in [6.07, 6.45) is 7.41. The van der Waals surface area contributed by atoms with Crippen LogP contribution in [-0.2, 0) is 0 Å². The zero-order valence-electron chi connectivity index (χ0n) is 7.51. The predicted octanol–water partition coefficient (Wildman–Crippen LogP) is 2.79. The topological polar surface area (TPSA) is 40.5 Å². The molecule has 2 rings (SSSR count). The fourth-order valence-electron chi connectivity index (χ4n) is 1.32. The number of benzene rings is 1. The van der Waals surface area contributed by atoms with Crippen molar-refractivity contribution in [1.82, 2.24) is 0 Å². The fourth-order valence-corrected chi connectivity index (χ4v) is 1.32. The minimum absolute atomic E-state index is 0.198. The minimum atomic E-state index is 0.198. The van der Waals surface area contributed by atoms with Crippen molar-refractivity contribution in [3.63, 3.8) is 0 Å². The third-order valence-corrected chi connectivity index (χ3v) is 2.08. The lowest BCUT2D eigenvalue weighted by atomic mass is 10.1. The second-order valence-corrected chi connectivity index (χ2v) is 3.07. The van der Waals surface area contributed by atoms with E-state index in [1.54, 1.807) is 24.3 Å². The van der Waals surface area contributed by atoms with Gasteiger partial charge in [0.15, 0.2) is 0 Å². The lowest BCUT2D eigenvalue weighted by Crippen LogP contribution is -1.85. The highest BCUT2D eigenvalue weighted by Gasteiger charge is 2.04. The van der Waals surface area contributed by atoms with Gasteiger partial charge in [-0.25, -0.2) is 0 Å². The largest absolute Gasteiger partial charge is 0.508 e. The Kier molecular flexibility index (Phi) is 2.11. The summed E-state index contributed by atoms with van der Waals surface area (Å²) >= 11 is 0. The minimum Gasteiger partial charge on any atom is -0.508 e. The molecule has 0 spiro atoms. The molecular weight excluding hydrogens is 176 g/mol. The van der Waals surface area contributed by atoms with E-state index in [1.165, 1.54) is 0 Å². The first kappa shape index (κ1) is 8.63. The molecule has 2 N–H and O–H groups in total. The summed E-state index contributed by atoms with van der Waals surface area (Å²) in [5.41, 5.74) is 1.49. The first-order chi connectivity index (χ1) is 6.77. The maximum atomic E-state index is 9.81. The van der Waals surface area contributed by atoms with Gasteiger partial charge in [0.05, 0.1) is 0 Å². The summed E-state index contributed by atoms with van der Waals surface area (Å²) < 4.78 is 0. The van der Waals surface area contributed by atoms with Crippen LogP contribution in [0.15, 0.2) is 54.1 Å². The van der Waals surface area contributed by atoms with Crippen molar-refractivity contribution < 1.29 is 10.2 Å². The van der Waals surface area contributed by atoms with Crippen LogP contribution in [0.2, 0.25) is 0 Å². The van der Waals surface area contributed by atoms with E-state index in [4.69, 9.17) is 5.11 Å². The highest BCUT2D eigenvalue weighted by molar-refractivity contribution is 5.69. The highest BCUT2D eigenvalue weighted by atomic mass is 16.3. The van der Waals surface area contributed by atoms with Gasteiger partial charge in [-0.1, -0.05) is 24.3 Å². The molecule has 1 aromatic rings. The molecule has 0 unspecified atom stereocenters. The van der Waals surface area contributed by atoms with Gasteiger partial charge in [0, 0.05) is 11.1 Å². The Labute approximate surface area is 82.1 Å². The molecule has 0 aliphatic heterocycles. The molecule has 0 fully saturated rings. The predicted molar refractivity (Wildman–Crippen MR) is 55.9 cm³/mol. The number of aliphatic hydroxyl groups excluding tert-OH is 1. The molecule has 0 aromatic heterocycles. The van der Waals surface area contributed by atoms with Crippen molar-refractivity contribution in [2.45, 2.75) is 0 Å². The fraction of sp³-hybridized carbons (Fsp3) is 0. The molecule has 0 amide bonds. The van der Waals surface area contributed by atoms with E-state index < -0.39 is 0 Å². The zero-order chi connectivity index (χ0) is 9.97. The van der Waals surface area contributed by atoms with E-state index in [2.05, 4.69) is 0 Å². The molecule has 0 radical (unpaired) electrons. The molecule has 1 aliphatic rings. The van der Waals surface area contributed by atoms with Gasteiger partial charge in [0.1, 0.15) is 11.5 Å². The molecule has 1 aromatic carbocycles. The van der Waals surface area contributed by atoms with Crippen molar-refractivity contribution in [2.24, 2.45) is 0 Å². The first-order valence-electron chi connectivity index (χ1n) is 4.35. The third kappa shape index (κ3) is 1.55. The molecule has 70 valence electrons. The van der Waals surface area contributed by atoms with Crippen LogP contribution in [0.4, 0.5) is 0 Å². The second kappa shape index (κ2) is 3.42. The normalized spacial score (nSPS) is 13.6. The zero-order valence-corrected chi connectivity index (χ0v) is 7.51. The molecular formula is C12H10O2. The third-order valence-electron chi connectivity index (χ3n) is 2.08. The number of aliphatic hydroxyl groups is 1. The molecule has 0 atom stereocenters. The molecule has 1 aliphatic carbocycles. The van der Waals surface area contributed by atoms with Crippen molar-refractivity contribution >= 4 is 5.76 Å². The van der Waals surface area contributed by atoms with Crippen LogP contribution in [0.3, 0.4) is 0 Å². The molecule has 14 heavy (non-hydrogen) atoms. The number of rotatable bonds is 1. The summed E-state index contributed by atoms with van der Waals surface area (Å²) in [4.78, 5) is 0. The monoisotopic (exact) mass is 186 g/mol. The molecule has 2 heteroatoms. The summed E-state index contributed by atoms with van der Waals surface area (Å²) in [6, 6.07) is 6.46. The summed E-state index contributed by atoms with van der Waals surface area (Å²) in [7, 11) is 0. The van der Waals surface area contributed by atoms with Gasteiger partial charge in [-0.05, 0) is 24.3 Å². The lowest BCUT2D eigenvalue weighted by Gasteiger charge is -2.02. The first-order valence-corrected chi connectivity index (χ1v) is 4.35. The van der Waals surface area contributed by atoms with E-state index in [-0.39, 0.29) is 11.5 Å². The molecule has 0 saturated carbocycles. The van der Waals surface area contributed by atoms with E-state index in [1.807, 2.05) is 24.3 Å². The maximum Gasteiger partial charge on any atom is 0.130 e. The van der Waals surface area contributed by atoms with E-state index in [0.29, 0.717) is 5.56 Å². The van der Waals surface area contributed by atoms with Gasteiger partial charge in [-0.2, -0.15) is 0 Å². The van der Waals surface area contributed by atoms with Crippen LogP contribution in [-0.4, -0.2) is 10.2 Å². The number of hydrogen-bond donors (Lipinski definition) is 2. The number of phenols is 1. The van der Waals surface area contributed by atoms with Crippen LogP contribution in [0.5, 0.6) is 5.75 Å². The Morgan fingerprint density at radius 3 is 2.07 bits per heavy atom. The molecule has 0 heterocycles.